The van der Waals surface area contributed by atoms with Crippen LogP contribution in [-0.4, -0.2) is 5.91 Å². The number of hydrogen-bond donors (Lipinski definition) is 2. The molecule has 0 heterocycles. The molecule has 2 aromatic rings. The Labute approximate surface area is 113 Å². The Morgan fingerprint density at radius 3 is 2.63 bits per heavy atom. The molecule has 3 N–H and O–H groups in total. The molecule has 0 saturated carbocycles. The molecule has 0 unspecified atom stereocenters. The van der Waals surface area contributed by atoms with Gasteiger partial charge in [-0.3, -0.25) is 4.79 Å². The van der Waals surface area contributed by atoms with Crippen LogP contribution in [0.2, 0.25) is 0 Å². The third-order valence-electron chi connectivity index (χ3n) is 3.18. The summed E-state index contributed by atoms with van der Waals surface area (Å²) >= 11 is 0. The second-order valence-corrected chi connectivity index (χ2v) is 4.54. The summed E-state index contributed by atoms with van der Waals surface area (Å²) in [6, 6.07) is 13.1. The fourth-order valence-electron chi connectivity index (χ4n) is 1.96. The van der Waals surface area contributed by atoms with Crippen molar-refractivity contribution in [1.82, 2.24) is 0 Å². The van der Waals surface area contributed by atoms with E-state index in [4.69, 9.17) is 5.73 Å². The molecule has 19 heavy (non-hydrogen) atoms. The van der Waals surface area contributed by atoms with Gasteiger partial charge < -0.3 is 11.1 Å². The van der Waals surface area contributed by atoms with E-state index >= 15 is 0 Å². The summed E-state index contributed by atoms with van der Waals surface area (Å²) < 4.78 is 0. The Bertz CT molecular complexity index is 605. The summed E-state index contributed by atoms with van der Waals surface area (Å²) in [7, 11) is 0. The maximum atomic E-state index is 12.2. The summed E-state index contributed by atoms with van der Waals surface area (Å²) in [6.07, 6.45) is 0.886. The summed E-state index contributed by atoms with van der Waals surface area (Å²) in [5, 5.41) is 2.94. The van der Waals surface area contributed by atoms with Crippen molar-refractivity contribution in [2.45, 2.75) is 20.3 Å². The highest BCUT2D eigenvalue weighted by Crippen LogP contribution is 2.18. The Kier molecular flexibility index (Phi) is 3.85. The Balaban J connectivity index is 2.23. The van der Waals surface area contributed by atoms with Gasteiger partial charge in [0.25, 0.3) is 5.91 Å². The van der Waals surface area contributed by atoms with E-state index < -0.39 is 0 Å². The average molecular weight is 254 g/mol. The monoisotopic (exact) mass is 254 g/mol. The van der Waals surface area contributed by atoms with Gasteiger partial charge in [-0.1, -0.05) is 25.1 Å². The third kappa shape index (κ3) is 2.94. The highest BCUT2D eigenvalue weighted by molar-refractivity contribution is 6.05. The van der Waals surface area contributed by atoms with Crippen molar-refractivity contribution in [3.05, 3.63) is 59.2 Å². The maximum Gasteiger partial charge on any atom is 0.255 e. The van der Waals surface area contributed by atoms with Gasteiger partial charge in [-0.2, -0.15) is 0 Å². The lowest BCUT2D eigenvalue weighted by Gasteiger charge is -2.10. The topological polar surface area (TPSA) is 55.1 Å². The zero-order chi connectivity index (χ0) is 13.8. The van der Waals surface area contributed by atoms with Gasteiger partial charge >= 0.3 is 0 Å². The first kappa shape index (κ1) is 13.1. The molecule has 98 valence electrons. The minimum Gasteiger partial charge on any atom is -0.399 e. The summed E-state index contributed by atoms with van der Waals surface area (Å²) in [5.41, 5.74) is 9.98. The molecular weight excluding hydrogens is 236 g/mol. The van der Waals surface area contributed by atoms with E-state index in [2.05, 4.69) is 12.2 Å². The number of nitrogen functional groups attached to an aromatic ring is 1. The lowest BCUT2D eigenvalue weighted by Crippen LogP contribution is -2.13. The number of carbonyl (C=O) groups is 1. The van der Waals surface area contributed by atoms with Crippen LogP contribution in [0, 0.1) is 6.92 Å². The van der Waals surface area contributed by atoms with E-state index in [9.17, 15) is 4.79 Å². The smallest absolute Gasteiger partial charge is 0.255 e. The molecule has 3 heteroatoms. The van der Waals surface area contributed by atoms with Crippen LogP contribution in [0.25, 0.3) is 0 Å². The van der Waals surface area contributed by atoms with Crippen molar-refractivity contribution in [2.75, 3.05) is 11.1 Å². The van der Waals surface area contributed by atoms with Crippen LogP contribution in [0.3, 0.4) is 0 Å². The van der Waals surface area contributed by atoms with E-state index in [1.165, 1.54) is 0 Å². The quantitative estimate of drug-likeness (QED) is 0.825. The second kappa shape index (κ2) is 5.57. The summed E-state index contributed by atoms with van der Waals surface area (Å²) in [4.78, 5) is 12.2. The van der Waals surface area contributed by atoms with Crippen LogP contribution in [-0.2, 0) is 6.42 Å². The average Bonchev–Trinajstić information content (AvgIpc) is 2.42. The highest BCUT2D eigenvalue weighted by Gasteiger charge is 2.09. The minimum absolute atomic E-state index is 0.107. The predicted octanol–water partition coefficient (Wildman–Crippen LogP) is 3.39. The molecule has 1 amide bonds. The molecule has 0 aliphatic carbocycles. The molecule has 0 aliphatic heterocycles. The number of nitrogens with two attached hydrogens (primary N) is 1. The SMILES string of the molecule is CCc1ccccc1NC(=O)c1ccc(N)c(C)c1. The van der Waals surface area contributed by atoms with Crippen molar-refractivity contribution < 1.29 is 4.79 Å². The number of hydrogen-bond acceptors (Lipinski definition) is 2. The molecule has 0 atom stereocenters. The standard InChI is InChI=1S/C16H18N2O/c1-3-12-6-4-5-7-15(12)18-16(19)13-8-9-14(17)11(2)10-13/h4-10H,3,17H2,1-2H3,(H,18,19). The Morgan fingerprint density at radius 2 is 1.95 bits per heavy atom. The molecule has 0 bridgehead atoms. The Morgan fingerprint density at radius 1 is 1.21 bits per heavy atom. The molecule has 0 fully saturated rings. The number of amides is 1. The number of carbonyl (C=O) groups excluding carboxylic acids is 1. The van der Waals surface area contributed by atoms with E-state index in [1.807, 2.05) is 31.2 Å². The van der Waals surface area contributed by atoms with Crippen molar-refractivity contribution in [2.24, 2.45) is 0 Å². The third-order valence-corrected chi connectivity index (χ3v) is 3.18. The number of benzene rings is 2. The minimum atomic E-state index is -0.107. The fourth-order valence-corrected chi connectivity index (χ4v) is 1.96. The van der Waals surface area contributed by atoms with E-state index in [0.29, 0.717) is 11.3 Å². The first-order valence-electron chi connectivity index (χ1n) is 6.37. The maximum absolute atomic E-state index is 12.2. The van der Waals surface area contributed by atoms with E-state index in [0.717, 1.165) is 23.2 Å². The first-order chi connectivity index (χ1) is 9.11. The molecular formula is C16H18N2O. The molecule has 0 spiro atoms. The number of para-hydroxylation sites is 1. The van der Waals surface area contributed by atoms with Gasteiger partial charge in [0, 0.05) is 16.9 Å². The van der Waals surface area contributed by atoms with Gasteiger partial charge in [0.1, 0.15) is 0 Å². The highest BCUT2D eigenvalue weighted by atomic mass is 16.1. The first-order valence-corrected chi connectivity index (χ1v) is 6.37. The lowest BCUT2D eigenvalue weighted by molar-refractivity contribution is 0.102. The van der Waals surface area contributed by atoms with Crippen LogP contribution in [0.1, 0.15) is 28.4 Å². The summed E-state index contributed by atoms with van der Waals surface area (Å²) in [6.45, 7) is 3.96. The van der Waals surface area contributed by atoms with Crippen molar-refractivity contribution in [1.29, 1.82) is 0 Å². The molecule has 2 rings (SSSR count). The van der Waals surface area contributed by atoms with Crippen molar-refractivity contribution >= 4 is 17.3 Å². The number of anilines is 2. The van der Waals surface area contributed by atoms with Crippen LogP contribution < -0.4 is 11.1 Å². The van der Waals surface area contributed by atoms with E-state index in [-0.39, 0.29) is 5.91 Å². The molecule has 3 nitrogen and oxygen atoms in total. The second-order valence-electron chi connectivity index (χ2n) is 4.54. The molecule has 0 radical (unpaired) electrons. The zero-order valence-corrected chi connectivity index (χ0v) is 11.2. The summed E-state index contributed by atoms with van der Waals surface area (Å²) in [5.74, 6) is -0.107. The molecule has 2 aromatic carbocycles. The van der Waals surface area contributed by atoms with Gasteiger partial charge in [-0.25, -0.2) is 0 Å². The number of rotatable bonds is 3. The van der Waals surface area contributed by atoms with Crippen molar-refractivity contribution in [3.8, 4) is 0 Å². The zero-order valence-electron chi connectivity index (χ0n) is 11.2. The Hall–Kier alpha value is -2.29. The van der Waals surface area contributed by atoms with Crippen molar-refractivity contribution in [3.63, 3.8) is 0 Å². The van der Waals surface area contributed by atoms with Crippen LogP contribution in [0.15, 0.2) is 42.5 Å². The fraction of sp³-hybridized carbons (Fsp3) is 0.188. The van der Waals surface area contributed by atoms with Gasteiger partial charge in [0.15, 0.2) is 0 Å². The molecule has 0 aromatic heterocycles. The van der Waals surface area contributed by atoms with Gasteiger partial charge in [0.2, 0.25) is 0 Å². The number of aryl methyl sites for hydroxylation is 2. The largest absolute Gasteiger partial charge is 0.399 e. The number of nitrogens with one attached hydrogen (secondary N) is 1. The van der Waals surface area contributed by atoms with E-state index in [1.54, 1.807) is 18.2 Å². The molecule has 0 aliphatic rings. The normalized spacial score (nSPS) is 10.2. The van der Waals surface area contributed by atoms with Crippen LogP contribution in [0.4, 0.5) is 11.4 Å². The van der Waals surface area contributed by atoms with Crippen LogP contribution >= 0.6 is 0 Å². The van der Waals surface area contributed by atoms with Gasteiger partial charge in [-0.15, -0.1) is 0 Å². The van der Waals surface area contributed by atoms with Gasteiger partial charge in [0.05, 0.1) is 0 Å². The lowest BCUT2D eigenvalue weighted by atomic mass is 10.1. The predicted molar refractivity (Wildman–Crippen MR) is 79.4 cm³/mol. The van der Waals surface area contributed by atoms with Gasteiger partial charge in [-0.05, 0) is 48.7 Å². The van der Waals surface area contributed by atoms with Crippen LogP contribution in [0.5, 0.6) is 0 Å². The molecule has 0 saturated heterocycles.